The fraction of sp³-hybridized carbons (Fsp3) is 0.353. The second-order valence-electron chi connectivity index (χ2n) is 6.56. The molecule has 1 aliphatic rings. The average Bonchev–Trinajstić information content (AvgIpc) is 3.25. The van der Waals surface area contributed by atoms with E-state index in [9.17, 15) is 18.0 Å². The highest BCUT2D eigenvalue weighted by molar-refractivity contribution is 6.33. The van der Waals surface area contributed by atoms with Crippen LogP contribution in [-0.2, 0) is 6.18 Å². The standard InChI is InChI=1S/C17H15ClF3N7O/c18-15-13(26-5-3-12(4-6-26)27-10-22-9-25-27)8-24-28(16(15)29)14-2-1-11(7-23-14)17(19,20)21/h1-2,7-10,12H,3-6H2. The summed E-state index contributed by atoms with van der Waals surface area (Å²) in [5.74, 6) is -0.0404. The Hall–Kier alpha value is -2.95. The molecule has 1 fully saturated rings. The van der Waals surface area contributed by atoms with Crippen LogP contribution in [0, 0.1) is 0 Å². The maximum atomic E-state index is 12.7. The molecule has 0 aliphatic carbocycles. The molecule has 0 saturated carbocycles. The molecule has 0 unspecified atom stereocenters. The number of hydrogen-bond donors (Lipinski definition) is 0. The van der Waals surface area contributed by atoms with E-state index in [2.05, 4.69) is 20.2 Å². The first-order valence-corrected chi connectivity index (χ1v) is 9.13. The monoisotopic (exact) mass is 425 g/mol. The molecule has 1 aliphatic heterocycles. The molecule has 0 bridgehead atoms. The maximum absolute atomic E-state index is 12.7. The number of anilines is 1. The first kappa shape index (κ1) is 19.4. The number of rotatable bonds is 3. The van der Waals surface area contributed by atoms with Gasteiger partial charge in [0.2, 0.25) is 0 Å². The minimum Gasteiger partial charge on any atom is -0.369 e. The zero-order valence-electron chi connectivity index (χ0n) is 14.9. The van der Waals surface area contributed by atoms with E-state index >= 15 is 0 Å². The average molecular weight is 426 g/mol. The van der Waals surface area contributed by atoms with Crippen LogP contribution >= 0.6 is 11.6 Å². The molecule has 29 heavy (non-hydrogen) atoms. The zero-order valence-corrected chi connectivity index (χ0v) is 15.7. The minimum atomic E-state index is -4.51. The third kappa shape index (κ3) is 3.82. The summed E-state index contributed by atoms with van der Waals surface area (Å²) in [7, 11) is 0. The molecule has 0 N–H and O–H groups in total. The molecule has 8 nitrogen and oxygen atoms in total. The van der Waals surface area contributed by atoms with Crippen LogP contribution in [0.25, 0.3) is 5.82 Å². The summed E-state index contributed by atoms with van der Waals surface area (Å²) >= 11 is 6.27. The van der Waals surface area contributed by atoms with E-state index in [1.807, 2.05) is 9.58 Å². The van der Waals surface area contributed by atoms with Gasteiger partial charge in [0.15, 0.2) is 5.82 Å². The highest BCUT2D eigenvalue weighted by Gasteiger charge is 2.31. The van der Waals surface area contributed by atoms with Crippen molar-refractivity contribution < 1.29 is 13.2 Å². The number of alkyl halides is 3. The topological polar surface area (TPSA) is 81.7 Å². The molecule has 12 heteroatoms. The molecule has 3 aromatic heterocycles. The molecule has 0 amide bonds. The third-order valence-corrected chi connectivity index (χ3v) is 5.16. The molecule has 0 spiro atoms. The van der Waals surface area contributed by atoms with Crippen molar-refractivity contribution in [3.63, 3.8) is 0 Å². The van der Waals surface area contributed by atoms with Crippen LogP contribution in [0.3, 0.4) is 0 Å². The lowest BCUT2D eigenvalue weighted by Crippen LogP contribution is -2.36. The van der Waals surface area contributed by atoms with Gasteiger partial charge in [-0.25, -0.2) is 14.6 Å². The van der Waals surface area contributed by atoms with Crippen LogP contribution in [0.15, 0.2) is 42.0 Å². The molecule has 4 heterocycles. The van der Waals surface area contributed by atoms with Crippen LogP contribution < -0.4 is 10.5 Å². The number of hydrogen-bond acceptors (Lipinski definition) is 6. The molecule has 0 radical (unpaired) electrons. The summed E-state index contributed by atoms with van der Waals surface area (Å²) in [4.78, 5) is 22.2. The number of halogens is 4. The summed E-state index contributed by atoms with van der Waals surface area (Å²) in [6.45, 7) is 1.29. The Morgan fingerprint density at radius 3 is 2.45 bits per heavy atom. The Bertz CT molecular complexity index is 1040. The van der Waals surface area contributed by atoms with Crippen molar-refractivity contribution in [2.24, 2.45) is 0 Å². The lowest BCUT2D eigenvalue weighted by Gasteiger charge is -2.33. The van der Waals surface area contributed by atoms with Gasteiger partial charge in [0.05, 0.1) is 23.5 Å². The first-order valence-electron chi connectivity index (χ1n) is 8.75. The predicted molar refractivity (Wildman–Crippen MR) is 98.1 cm³/mol. The highest BCUT2D eigenvalue weighted by atomic mass is 35.5. The van der Waals surface area contributed by atoms with Crippen LogP contribution in [0.4, 0.5) is 18.9 Å². The van der Waals surface area contributed by atoms with Crippen molar-refractivity contribution in [1.29, 1.82) is 0 Å². The van der Waals surface area contributed by atoms with Gasteiger partial charge in [-0.3, -0.25) is 4.79 Å². The van der Waals surface area contributed by atoms with Crippen molar-refractivity contribution >= 4 is 17.3 Å². The number of nitrogens with zero attached hydrogens (tertiary/aromatic N) is 7. The van der Waals surface area contributed by atoms with Gasteiger partial charge in [0.1, 0.15) is 17.7 Å². The van der Waals surface area contributed by atoms with Gasteiger partial charge < -0.3 is 4.90 Å². The zero-order chi connectivity index (χ0) is 20.6. The van der Waals surface area contributed by atoms with Gasteiger partial charge in [-0.1, -0.05) is 11.6 Å². The molecule has 152 valence electrons. The van der Waals surface area contributed by atoms with E-state index in [-0.39, 0.29) is 16.9 Å². The number of aromatic nitrogens is 6. The predicted octanol–water partition coefficient (Wildman–Crippen LogP) is 2.73. The van der Waals surface area contributed by atoms with E-state index < -0.39 is 17.3 Å². The Morgan fingerprint density at radius 2 is 1.86 bits per heavy atom. The van der Waals surface area contributed by atoms with Crippen molar-refractivity contribution in [2.45, 2.75) is 25.1 Å². The number of piperidine rings is 1. The largest absolute Gasteiger partial charge is 0.417 e. The Kier molecular flexibility index (Phi) is 4.99. The SMILES string of the molecule is O=c1c(Cl)c(N2CCC(n3cncn3)CC2)cnn1-c1ccc(C(F)(F)F)cn1. The minimum absolute atomic E-state index is 0.0404. The highest BCUT2D eigenvalue weighted by Crippen LogP contribution is 2.30. The first-order chi connectivity index (χ1) is 13.8. The van der Waals surface area contributed by atoms with E-state index in [0.717, 1.165) is 29.7 Å². The maximum Gasteiger partial charge on any atom is 0.417 e. The lowest BCUT2D eigenvalue weighted by atomic mass is 10.1. The van der Waals surface area contributed by atoms with Crippen molar-refractivity contribution in [3.05, 3.63) is 58.1 Å². The second-order valence-corrected chi connectivity index (χ2v) is 6.94. The van der Waals surface area contributed by atoms with E-state index in [4.69, 9.17) is 11.6 Å². The lowest BCUT2D eigenvalue weighted by molar-refractivity contribution is -0.137. The van der Waals surface area contributed by atoms with Crippen LogP contribution in [0.5, 0.6) is 0 Å². The molecule has 3 aromatic rings. The normalized spacial score (nSPS) is 15.7. The van der Waals surface area contributed by atoms with Crippen LogP contribution in [0.2, 0.25) is 5.02 Å². The summed E-state index contributed by atoms with van der Waals surface area (Å²) in [6, 6.07) is 2.14. The van der Waals surface area contributed by atoms with Crippen molar-refractivity contribution in [3.8, 4) is 5.82 Å². The molecular formula is C17H15ClF3N7O. The molecule has 0 atom stereocenters. The third-order valence-electron chi connectivity index (χ3n) is 4.81. The second kappa shape index (κ2) is 7.47. The Balaban J connectivity index is 1.54. The molecule has 1 saturated heterocycles. The quantitative estimate of drug-likeness (QED) is 0.641. The summed E-state index contributed by atoms with van der Waals surface area (Å²) in [5, 5.41) is 8.15. The van der Waals surface area contributed by atoms with Gasteiger partial charge in [-0.2, -0.15) is 28.1 Å². The van der Waals surface area contributed by atoms with Crippen molar-refractivity contribution in [1.82, 2.24) is 29.5 Å². The molecular weight excluding hydrogens is 411 g/mol. The molecule has 0 aromatic carbocycles. The Morgan fingerprint density at radius 1 is 1.10 bits per heavy atom. The van der Waals surface area contributed by atoms with Gasteiger partial charge in [0, 0.05) is 19.3 Å². The summed E-state index contributed by atoms with van der Waals surface area (Å²) in [6.07, 6.45) is 2.32. The smallest absolute Gasteiger partial charge is 0.369 e. The number of pyridine rings is 1. The summed E-state index contributed by atoms with van der Waals surface area (Å²) < 4.78 is 40.7. The fourth-order valence-corrected chi connectivity index (χ4v) is 3.51. The van der Waals surface area contributed by atoms with Gasteiger partial charge in [0.25, 0.3) is 5.56 Å². The van der Waals surface area contributed by atoms with E-state index in [0.29, 0.717) is 25.0 Å². The molecule has 4 rings (SSSR count). The van der Waals surface area contributed by atoms with E-state index in [1.54, 1.807) is 6.33 Å². The van der Waals surface area contributed by atoms with E-state index in [1.165, 1.54) is 12.5 Å². The fourth-order valence-electron chi connectivity index (χ4n) is 3.26. The summed E-state index contributed by atoms with van der Waals surface area (Å²) in [5.41, 5.74) is -1.07. The van der Waals surface area contributed by atoms with Gasteiger partial charge in [-0.05, 0) is 25.0 Å². The van der Waals surface area contributed by atoms with Gasteiger partial charge in [-0.15, -0.1) is 0 Å². The van der Waals surface area contributed by atoms with Crippen LogP contribution in [-0.4, -0.2) is 42.6 Å². The van der Waals surface area contributed by atoms with Gasteiger partial charge >= 0.3 is 6.18 Å². The van der Waals surface area contributed by atoms with Crippen molar-refractivity contribution in [2.75, 3.05) is 18.0 Å². The Labute approximate surface area is 167 Å². The van der Waals surface area contributed by atoms with Crippen LogP contribution in [0.1, 0.15) is 24.4 Å².